The highest BCUT2D eigenvalue weighted by molar-refractivity contribution is 7.79. The molecule has 0 radical (unpaired) electrons. The van der Waals surface area contributed by atoms with E-state index in [1.807, 2.05) is 0 Å². The van der Waals surface area contributed by atoms with Crippen molar-refractivity contribution in [2.24, 2.45) is 0 Å². The van der Waals surface area contributed by atoms with E-state index < -0.39 is 11.1 Å². The van der Waals surface area contributed by atoms with Crippen molar-refractivity contribution in [3.63, 3.8) is 0 Å². The molecule has 1 N–H and O–H groups in total. The Labute approximate surface area is 102 Å². The fourth-order valence-corrected chi connectivity index (χ4v) is 2.11. The quantitative estimate of drug-likeness (QED) is 0.791. The topological polar surface area (TPSA) is 66.8 Å². The predicted molar refractivity (Wildman–Crippen MR) is 62.2 cm³/mol. The zero-order chi connectivity index (χ0) is 12.3. The van der Waals surface area contributed by atoms with Crippen molar-refractivity contribution in [1.29, 1.82) is 0 Å². The second-order valence-electron chi connectivity index (χ2n) is 3.68. The maximum Gasteiger partial charge on any atom is 0.254 e. The summed E-state index contributed by atoms with van der Waals surface area (Å²) in [4.78, 5) is 14.0. The standard InChI is InChI=1S/C11H13NO4S/c13-11(12-4-6-16-7-5-12)9-2-1-3-10(8-9)17(14)15/h1-3,8H,4-7H2,(H,14,15). The summed E-state index contributed by atoms with van der Waals surface area (Å²) < 4.78 is 25.1. The lowest BCUT2D eigenvalue weighted by atomic mass is 10.2. The SMILES string of the molecule is O=C(c1cccc(S(=O)O)c1)N1CCOCC1. The Morgan fingerprint density at radius 1 is 1.35 bits per heavy atom. The first-order chi connectivity index (χ1) is 8.18. The zero-order valence-electron chi connectivity index (χ0n) is 9.17. The van der Waals surface area contributed by atoms with Crippen LogP contribution < -0.4 is 0 Å². The van der Waals surface area contributed by atoms with Gasteiger partial charge in [0.25, 0.3) is 5.91 Å². The molecule has 1 heterocycles. The molecular formula is C11H13NO4S. The predicted octanol–water partition coefficient (Wildman–Crippen LogP) is 0.740. The van der Waals surface area contributed by atoms with Crippen LogP contribution in [0.3, 0.4) is 0 Å². The molecule has 1 unspecified atom stereocenters. The third-order valence-electron chi connectivity index (χ3n) is 2.58. The Bertz CT molecular complexity index is 443. The summed E-state index contributed by atoms with van der Waals surface area (Å²) in [5.74, 6) is -0.124. The normalized spacial score (nSPS) is 17.8. The van der Waals surface area contributed by atoms with Gasteiger partial charge in [0, 0.05) is 18.7 Å². The Morgan fingerprint density at radius 2 is 2.06 bits per heavy atom. The largest absolute Gasteiger partial charge is 0.378 e. The van der Waals surface area contributed by atoms with Crippen LogP contribution in [-0.2, 0) is 15.8 Å². The van der Waals surface area contributed by atoms with Gasteiger partial charge in [-0.15, -0.1) is 0 Å². The number of benzene rings is 1. The van der Waals surface area contributed by atoms with E-state index in [1.54, 1.807) is 17.0 Å². The molecule has 1 amide bonds. The van der Waals surface area contributed by atoms with Gasteiger partial charge in [-0.05, 0) is 18.2 Å². The first kappa shape index (κ1) is 12.2. The zero-order valence-corrected chi connectivity index (χ0v) is 9.98. The van der Waals surface area contributed by atoms with Crippen molar-refractivity contribution in [3.8, 4) is 0 Å². The molecule has 0 spiro atoms. The van der Waals surface area contributed by atoms with Crippen LogP contribution in [-0.4, -0.2) is 45.9 Å². The highest BCUT2D eigenvalue weighted by Crippen LogP contribution is 2.12. The summed E-state index contributed by atoms with van der Waals surface area (Å²) in [6.45, 7) is 2.20. The monoisotopic (exact) mass is 255 g/mol. The maximum absolute atomic E-state index is 12.1. The maximum atomic E-state index is 12.1. The van der Waals surface area contributed by atoms with Crippen molar-refractivity contribution in [2.45, 2.75) is 4.90 Å². The molecule has 1 aromatic rings. The lowest BCUT2D eigenvalue weighted by molar-refractivity contribution is 0.0302. The van der Waals surface area contributed by atoms with E-state index in [-0.39, 0.29) is 10.8 Å². The number of hydrogen-bond donors (Lipinski definition) is 1. The fraction of sp³-hybridized carbons (Fsp3) is 0.364. The van der Waals surface area contributed by atoms with E-state index in [4.69, 9.17) is 9.29 Å². The van der Waals surface area contributed by atoms with Gasteiger partial charge in [0.1, 0.15) is 0 Å². The number of carbonyl (C=O) groups is 1. The van der Waals surface area contributed by atoms with Gasteiger partial charge < -0.3 is 14.2 Å². The molecule has 1 aliphatic rings. The summed E-state index contributed by atoms with van der Waals surface area (Å²) in [6.07, 6.45) is 0. The molecule has 6 heteroatoms. The van der Waals surface area contributed by atoms with Gasteiger partial charge in [0.05, 0.1) is 18.1 Å². The van der Waals surface area contributed by atoms with Gasteiger partial charge in [-0.3, -0.25) is 4.79 Å². The molecule has 1 aromatic carbocycles. The van der Waals surface area contributed by atoms with Gasteiger partial charge in [-0.25, -0.2) is 4.21 Å². The summed E-state index contributed by atoms with van der Waals surface area (Å²) in [5.41, 5.74) is 0.437. The van der Waals surface area contributed by atoms with Crippen LogP contribution in [0.25, 0.3) is 0 Å². The van der Waals surface area contributed by atoms with Crippen molar-refractivity contribution >= 4 is 17.0 Å². The van der Waals surface area contributed by atoms with Crippen LogP contribution in [0, 0.1) is 0 Å². The molecule has 1 atom stereocenters. The summed E-state index contributed by atoms with van der Waals surface area (Å²) in [7, 11) is 0. The molecule has 1 fully saturated rings. The number of hydrogen-bond acceptors (Lipinski definition) is 3. The number of nitrogens with zero attached hydrogens (tertiary/aromatic N) is 1. The molecule has 2 rings (SSSR count). The van der Waals surface area contributed by atoms with E-state index in [0.717, 1.165) is 0 Å². The Hall–Kier alpha value is -1.24. The molecule has 17 heavy (non-hydrogen) atoms. The lowest BCUT2D eigenvalue weighted by Crippen LogP contribution is -2.40. The molecular weight excluding hydrogens is 242 g/mol. The van der Waals surface area contributed by atoms with E-state index in [9.17, 15) is 9.00 Å². The van der Waals surface area contributed by atoms with Crippen molar-refractivity contribution in [3.05, 3.63) is 29.8 Å². The van der Waals surface area contributed by atoms with Gasteiger partial charge in [0.15, 0.2) is 11.1 Å². The third kappa shape index (κ3) is 2.91. The molecule has 0 bridgehead atoms. The van der Waals surface area contributed by atoms with Gasteiger partial charge in [0.2, 0.25) is 0 Å². The molecule has 5 nitrogen and oxygen atoms in total. The average molecular weight is 255 g/mol. The Balaban J connectivity index is 2.18. The van der Waals surface area contributed by atoms with Crippen LogP contribution in [0.4, 0.5) is 0 Å². The van der Waals surface area contributed by atoms with Crippen molar-refractivity contribution in [2.75, 3.05) is 26.3 Å². The molecule has 0 aliphatic carbocycles. The molecule has 0 aromatic heterocycles. The van der Waals surface area contributed by atoms with E-state index >= 15 is 0 Å². The van der Waals surface area contributed by atoms with E-state index in [2.05, 4.69) is 0 Å². The average Bonchev–Trinajstić information content (AvgIpc) is 2.39. The molecule has 0 saturated carbocycles. The van der Waals surface area contributed by atoms with Crippen LogP contribution >= 0.6 is 0 Å². The molecule has 1 saturated heterocycles. The molecule has 92 valence electrons. The first-order valence-corrected chi connectivity index (χ1v) is 6.37. The number of amides is 1. The van der Waals surface area contributed by atoms with Crippen molar-refractivity contribution in [1.82, 2.24) is 4.90 Å². The minimum Gasteiger partial charge on any atom is -0.378 e. The van der Waals surface area contributed by atoms with Crippen LogP contribution in [0.2, 0.25) is 0 Å². The van der Waals surface area contributed by atoms with Crippen LogP contribution in [0.15, 0.2) is 29.2 Å². The number of rotatable bonds is 2. The van der Waals surface area contributed by atoms with Gasteiger partial charge in [-0.1, -0.05) is 6.07 Å². The van der Waals surface area contributed by atoms with E-state index in [1.165, 1.54) is 12.1 Å². The second-order valence-corrected chi connectivity index (χ2v) is 4.65. The lowest BCUT2D eigenvalue weighted by Gasteiger charge is -2.26. The fourth-order valence-electron chi connectivity index (χ4n) is 1.69. The van der Waals surface area contributed by atoms with Gasteiger partial charge >= 0.3 is 0 Å². The molecule has 1 aliphatic heterocycles. The first-order valence-electron chi connectivity index (χ1n) is 5.26. The minimum atomic E-state index is -2.06. The van der Waals surface area contributed by atoms with Crippen molar-refractivity contribution < 1.29 is 18.3 Å². The highest BCUT2D eigenvalue weighted by atomic mass is 32.2. The number of ether oxygens (including phenoxy) is 1. The second kappa shape index (κ2) is 5.39. The summed E-state index contributed by atoms with van der Waals surface area (Å²) in [6, 6.07) is 6.23. The number of carbonyl (C=O) groups excluding carboxylic acids is 1. The van der Waals surface area contributed by atoms with E-state index in [0.29, 0.717) is 31.9 Å². The third-order valence-corrected chi connectivity index (χ3v) is 3.24. The Morgan fingerprint density at radius 3 is 2.71 bits per heavy atom. The summed E-state index contributed by atoms with van der Waals surface area (Å²) in [5, 5.41) is 0. The smallest absolute Gasteiger partial charge is 0.254 e. The number of morpholine rings is 1. The van der Waals surface area contributed by atoms with Crippen LogP contribution in [0.1, 0.15) is 10.4 Å². The van der Waals surface area contributed by atoms with Gasteiger partial charge in [-0.2, -0.15) is 0 Å². The Kier molecular flexibility index (Phi) is 3.88. The van der Waals surface area contributed by atoms with Crippen LogP contribution in [0.5, 0.6) is 0 Å². The summed E-state index contributed by atoms with van der Waals surface area (Å²) >= 11 is -2.06. The highest BCUT2D eigenvalue weighted by Gasteiger charge is 2.18. The minimum absolute atomic E-state index is 0.124.